The molecule has 0 unspecified atom stereocenters. The van der Waals surface area contributed by atoms with Crippen LogP contribution < -0.4 is 5.32 Å². The maximum absolute atomic E-state index is 3.53. The van der Waals surface area contributed by atoms with Gasteiger partial charge in [-0.1, -0.05) is 34.1 Å². The lowest BCUT2D eigenvalue weighted by Crippen LogP contribution is -2.17. The Bertz CT molecular complexity index is 552. The summed E-state index contributed by atoms with van der Waals surface area (Å²) < 4.78 is 3.28. The zero-order valence-corrected chi connectivity index (χ0v) is 15.2. The first kappa shape index (κ1) is 15.2. The van der Waals surface area contributed by atoms with Crippen molar-refractivity contribution in [2.24, 2.45) is 0 Å². The second-order valence-electron chi connectivity index (χ2n) is 4.40. The summed E-state index contributed by atoms with van der Waals surface area (Å²) in [6.45, 7) is 3.03. The van der Waals surface area contributed by atoms with Crippen LogP contribution in [0, 0.1) is 0 Å². The van der Waals surface area contributed by atoms with Crippen LogP contribution in [0.3, 0.4) is 0 Å². The molecule has 1 atom stereocenters. The second-order valence-corrected chi connectivity index (χ2v) is 7.03. The Labute approximate surface area is 139 Å². The van der Waals surface area contributed by atoms with Gasteiger partial charge in [-0.2, -0.15) is 0 Å². The lowest BCUT2D eigenvalue weighted by molar-refractivity contribution is 0.574. The molecule has 2 aromatic carbocycles. The van der Waals surface area contributed by atoms with E-state index < -0.39 is 0 Å². The Kier molecular flexibility index (Phi) is 5.63. The van der Waals surface area contributed by atoms with Gasteiger partial charge in [-0.15, -0.1) is 0 Å². The highest BCUT2D eigenvalue weighted by Crippen LogP contribution is 2.24. The number of rotatable bonds is 4. The van der Waals surface area contributed by atoms with Crippen LogP contribution in [0.25, 0.3) is 0 Å². The summed E-state index contributed by atoms with van der Waals surface area (Å²) in [4.78, 5) is 0. The monoisotopic (exact) mass is 445 g/mol. The summed E-state index contributed by atoms with van der Waals surface area (Å²) >= 11 is 10.5. The van der Waals surface area contributed by atoms with Gasteiger partial charge in [0.1, 0.15) is 0 Å². The van der Waals surface area contributed by atoms with Crippen LogP contribution >= 0.6 is 47.8 Å². The van der Waals surface area contributed by atoms with Gasteiger partial charge in [0.05, 0.1) is 0 Å². The van der Waals surface area contributed by atoms with Gasteiger partial charge < -0.3 is 5.32 Å². The molecule has 1 nitrogen and oxygen atoms in total. The van der Waals surface area contributed by atoms with Gasteiger partial charge in [-0.3, -0.25) is 0 Å². The number of halogens is 3. The van der Waals surface area contributed by atoms with E-state index in [1.54, 1.807) is 0 Å². The minimum absolute atomic E-state index is 0.329. The van der Waals surface area contributed by atoms with Crippen LogP contribution in [-0.4, -0.2) is 0 Å². The number of hydrogen-bond acceptors (Lipinski definition) is 1. The molecule has 2 aromatic rings. The molecule has 0 aliphatic carbocycles. The fourth-order valence-electron chi connectivity index (χ4n) is 1.79. The van der Waals surface area contributed by atoms with Crippen LogP contribution in [0.1, 0.15) is 24.1 Å². The number of hydrogen-bond donors (Lipinski definition) is 1. The van der Waals surface area contributed by atoms with E-state index in [-0.39, 0.29) is 0 Å². The van der Waals surface area contributed by atoms with Gasteiger partial charge >= 0.3 is 0 Å². The molecule has 0 bridgehead atoms. The lowest BCUT2D eigenvalue weighted by atomic mass is 10.1. The van der Waals surface area contributed by atoms with Crippen LogP contribution in [0.2, 0.25) is 0 Å². The van der Waals surface area contributed by atoms with Crippen molar-refractivity contribution in [2.45, 2.75) is 19.5 Å². The van der Waals surface area contributed by atoms with E-state index in [2.05, 4.69) is 102 Å². The van der Waals surface area contributed by atoms with Crippen molar-refractivity contribution in [3.05, 3.63) is 67.0 Å². The Balaban J connectivity index is 1.98. The smallest absolute Gasteiger partial charge is 0.0320 e. The van der Waals surface area contributed by atoms with E-state index >= 15 is 0 Å². The fraction of sp³-hybridized carbons (Fsp3) is 0.200. The van der Waals surface area contributed by atoms with Gasteiger partial charge in [0.15, 0.2) is 0 Å². The lowest BCUT2D eigenvalue weighted by Gasteiger charge is -2.14. The molecule has 1 N–H and O–H groups in total. The molecule has 2 rings (SSSR count). The molecular formula is C15H14Br3N. The molecule has 0 aliphatic heterocycles. The van der Waals surface area contributed by atoms with Gasteiger partial charge in [-0.05, 0) is 74.2 Å². The van der Waals surface area contributed by atoms with Crippen molar-refractivity contribution in [2.75, 3.05) is 0 Å². The Hall–Kier alpha value is -0.160. The standard InChI is InChI=1S/C15H14Br3N/c1-10(12-3-5-13(16)6-4-12)19-9-11-2-7-14(17)15(18)8-11/h2-8,10,19H,9H2,1H3/t10-/m0/s1. The molecular weight excluding hydrogens is 434 g/mol. The molecule has 0 saturated carbocycles. The average Bonchev–Trinajstić information content (AvgIpc) is 2.40. The van der Waals surface area contributed by atoms with Crippen molar-refractivity contribution in [3.63, 3.8) is 0 Å². The zero-order chi connectivity index (χ0) is 13.8. The Morgan fingerprint density at radius 2 is 1.63 bits per heavy atom. The van der Waals surface area contributed by atoms with E-state index in [4.69, 9.17) is 0 Å². The first-order valence-electron chi connectivity index (χ1n) is 5.99. The predicted molar refractivity (Wildman–Crippen MR) is 91.2 cm³/mol. The topological polar surface area (TPSA) is 12.0 Å². The van der Waals surface area contributed by atoms with Crippen molar-refractivity contribution in [1.82, 2.24) is 5.32 Å². The summed E-state index contributed by atoms with van der Waals surface area (Å²) in [5.74, 6) is 0. The van der Waals surface area contributed by atoms with E-state index in [1.807, 2.05) is 0 Å². The van der Waals surface area contributed by atoms with Crippen LogP contribution in [-0.2, 0) is 6.54 Å². The molecule has 0 aromatic heterocycles. The predicted octanol–water partition coefficient (Wildman–Crippen LogP) is 5.82. The van der Waals surface area contributed by atoms with Crippen molar-refractivity contribution in [3.8, 4) is 0 Å². The second kappa shape index (κ2) is 7.02. The summed E-state index contributed by atoms with van der Waals surface area (Å²) in [6, 6.07) is 15.1. The minimum atomic E-state index is 0.329. The van der Waals surface area contributed by atoms with Crippen molar-refractivity contribution < 1.29 is 0 Å². The molecule has 0 radical (unpaired) electrons. The normalized spacial score (nSPS) is 12.4. The number of benzene rings is 2. The van der Waals surface area contributed by atoms with Crippen LogP contribution in [0.4, 0.5) is 0 Å². The van der Waals surface area contributed by atoms with Gasteiger partial charge in [0, 0.05) is 26.0 Å². The average molecular weight is 448 g/mol. The third-order valence-electron chi connectivity index (χ3n) is 2.97. The summed E-state index contributed by atoms with van der Waals surface area (Å²) in [7, 11) is 0. The zero-order valence-electron chi connectivity index (χ0n) is 10.5. The third kappa shape index (κ3) is 4.42. The van der Waals surface area contributed by atoms with Gasteiger partial charge in [0.2, 0.25) is 0 Å². The molecule has 0 amide bonds. The molecule has 100 valence electrons. The van der Waals surface area contributed by atoms with E-state index in [1.165, 1.54) is 11.1 Å². The summed E-state index contributed by atoms with van der Waals surface area (Å²) in [5.41, 5.74) is 2.55. The molecule has 19 heavy (non-hydrogen) atoms. The first-order valence-corrected chi connectivity index (χ1v) is 8.37. The largest absolute Gasteiger partial charge is 0.306 e. The molecule has 0 aliphatic rings. The molecule has 0 spiro atoms. The van der Waals surface area contributed by atoms with Gasteiger partial charge in [0.25, 0.3) is 0 Å². The summed E-state index contributed by atoms with van der Waals surface area (Å²) in [6.07, 6.45) is 0. The Morgan fingerprint density at radius 3 is 2.26 bits per heavy atom. The highest BCUT2D eigenvalue weighted by molar-refractivity contribution is 9.13. The maximum Gasteiger partial charge on any atom is 0.0320 e. The quantitative estimate of drug-likeness (QED) is 0.622. The molecule has 0 heterocycles. The van der Waals surface area contributed by atoms with Gasteiger partial charge in [-0.25, -0.2) is 0 Å². The summed E-state index contributed by atoms with van der Waals surface area (Å²) in [5, 5.41) is 3.53. The fourth-order valence-corrected chi connectivity index (χ4v) is 2.73. The minimum Gasteiger partial charge on any atom is -0.306 e. The van der Waals surface area contributed by atoms with Crippen molar-refractivity contribution in [1.29, 1.82) is 0 Å². The SMILES string of the molecule is C[C@H](NCc1ccc(Br)c(Br)c1)c1ccc(Br)cc1. The highest BCUT2D eigenvalue weighted by Gasteiger charge is 2.05. The van der Waals surface area contributed by atoms with E-state index in [9.17, 15) is 0 Å². The van der Waals surface area contributed by atoms with Crippen LogP contribution in [0.15, 0.2) is 55.9 Å². The maximum atomic E-state index is 3.53. The number of nitrogens with one attached hydrogen (secondary N) is 1. The third-order valence-corrected chi connectivity index (χ3v) is 5.37. The molecule has 4 heteroatoms. The Morgan fingerprint density at radius 1 is 0.947 bits per heavy atom. The van der Waals surface area contributed by atoms with E-state index in [0.717, 1.165) is 20.0 Å². The van der Waals surface area contributed by atoms with Crippen LogP contribution in [0.5, 0.6) is 0 Å². The first-order chi connectivity index (χ1) is 9.06. The van der Waals surface area contributed by atoms with E-state index in [0.29, 0.717) is 6.04 Å². The van der Waals surface area contributed by atoms with Crippen molar-refractivity contribution >= 4 is 47.8 Å². The molecule has 0 saturated heterocycles. The molecule has 0 fully saturated rings. The highest BCUT2D eigenvalue weighted by atomic mass is 79.9.